The molecule has 2 N–H and O–H groups in total. The first-order chi connectivity index (χ1) is 6.89. The Morgan fingerprint density at radius 1 is 1.67 bits per heavy atom. The van der Waals surface area contributed by atoms with Gasteiger partial charge in [0.05, 0.1) is 9.71 Å². The second kappa shape index (κ2) is 3.55. The van der Waals surface area contributed by atoms with Crippen LogP contribution >= 0.6 is 11.3 Å². The van der Waals surface area contributed by atoms with Gasteiger partial charge in [0.1, 0.15) is 4.21 Å². The van der Waals surface area contributed by atoms with Crippen LogP contribution in [0.5, 0.6) is 0 Å². The predicted molar refractivity (Wildman–Crippen MR) is 62.0 cm³/mol. The third-order valence-corrected chi connectivity index (χ3v) is 5.42. The smallest absolute Gasteiger partial charge is 0.155 e. The first kappa shape index (κ1) is 11.1. The van der Waals surface area contributed by atoms with Crippen LogP contribution < -0.4 is 5.14 Å². The van der Waals surface area contributed by atoms with Gasteiger partial charge in [-0.05, 0) is 19.3 Å². The third kappa shape index (κ3) is 1.94. The second-order valence-electron chi connectivity index (χ2n) is 3.82. The maximum absolute atomic E-state index is 13.9. The molecule has 0 amide bonds. The lowest BCUT2D eigenvalue weighted by Crippen LogP contribution is -2.25. The van der Waals surface area contributed by atoms with Gasteiger partial charge in [0, 0.05) is 23.5 Å². The largest absolute Gasteiger partial charge is 0.302 e. The number of hydrogen-bond acceptors (Lipinski definition) is 3. The van der Waals surface area contributed by atoms with E-state index in [4.69, 9.17) is 5.14 Å². The minimum Gasteiger partial charge on any atom is -0.302 e. The van der Waals surface area contributed by atoms with E-state index in [0.29, 0.717) is 12.1 Å². The molecule has 2 rings (SSSR count). The molecule has 0 fully saturated rings. The van der Waals surface area contributed by atoms with Crippen LogP contribution in [0.1, 0.15) is 10.4 Å². The summed E-state index contributed by atoms with van der Waals surface area (Å²) in [5.41, 5.74) is 0.644. The van der Waals surface area contributed by atoms with E-state index in [2.05, 4.69) is 5.87 Å². The minimum atomic E-state index is -2.92. The number of thiophene rings is 1. The molecule has 0 saturated heterocycles. The molecule has 0 aromatic carbocycles. The molecule has 1 atom stereocenters. The lowest BCUT2D eigenvalue weighted by molar-refractivity contribution is 0.308. The fourth-order valence-electron chi connectivity index (χ4n) is 1.69. The highest BCUT2D eigenvalue weighted by Crippen LogP contribution is 2.33. The summed E-state index contributed by atoms with van der Waals surface area (Å²) in [6.45, 7) is 1.46. The first-order valence-corrected chi connectivity index (χ1v) is 7.14. The van der Waals surface area contributed by atoms with Gasteiger partial charge in [-0.25, -0.2) is 8.60 Å². The van der Waals surface area contributed by atoms with Crippen molar-refractivity contribution in [2.75, 3.05) is 13.6 Å². The zero-order chi connectivity index (χ0) is 11.2. The molecule has 0 radical (unpaired) electrons. The van der Waals surface area contributed by atoms with E-state index in [1.807, 2.05) is 11.9 Å². The average molecular weight is 248 g/mol. The van der Waals surface area contributed by atoms with Crippen LogP contribution in [0.4, 0.5) is 4.39 Å². The Morgan fingerprint density at radius 2 is 2.33 bits per heavy atom. The van der Waals surface area contributed by atoms with Crippen molar-refractivity contribution in [2.45, 2.75) is 17.2 Å². The number of hydrogen-bond donors (Lipinski definition) is 1. The van der Waals surface area contributed by atoms with Gasteiger partial charge in [-0.1, -0.05) is 0 Å². The molecule has 0 bridgehead atoms. The van der Waals surface area contributed by atoms with Crippen molar-refractivity contribution in [3.8, 4) is 0 Å². The van der Waals surface area contributed by atoms with Crippen LogP contribution in [0.15, 0.2) is 4.21 Å². The van der Waals surface area contributed by atoms with Crippen molar-refractivity contribution >= 4 is 26.9 Å². The van der Waals surface area contributed by atoms with Crippen molar-refractivity contribution < 1.29 is 8.60 Å². The maximum Gasteiger partial charge on any atom is 0.155 e. The van der Waals surface area contributed by atoms with Gasteiger partial charge in [0.25, 0.3) is 0 Å². The number of nitrogens with two attached hydrogens (primary N) is 1. The van der Waals surface area contributed by atoms with E-state index in [1.165, 1.54) is 11.3 Å². The third-order valence-electron chi connectivity index (χ3n) is 2.46. The molecule has 0 saturated carbocycles. The van der Waals surface area contributed by atoms with Gasteiger partial charge in [0.2, 0.25) is 0 Å². The quantitative estimate of drug-likeness (QED) is 0.748. The SMILES string of the molecule is C=S(N)(=O)c1sc2c(c1F)CN(C)CC2. The van der Waals surface area contributed by atoms with Gasteiger partial charge in [-0.15, -0.1) is 11.3 Å². The lowest BCUT2D eigenvalue weighted by atomic mass is 10.1. The van der Waals surface area contributed by atoms with Crippen LogP contribution in [0.2, 0.25) is 0 Å². The molecular weight excluding hydrogens is 235 g/mol. The van der Waals surface area contributed by atoms with E-state index < -0.39 is 15.5 Å². The molecule has 15 heavy (non-hydrogen) atoms. The van der Waals surface area contributed by atoms with Crippen LogP contribution in [0.3, 0.4) is 0 Å². The molecule has 0 spiro atoms. The zero-order valence-corrected chi connectivity index (χ0v) is 10.1. The molecule has 1 aromatic rings. The zero-order valence-electron chi connectivity index (χ0n) is 8.46. The van der Waals surface area contributed by atoms with Crippen molar-refractivity contribution in [1.29, 1.82) is 0 Å². The first-order valence-electron chi connectivity index (χ1n) is 4.53. The molecule has 1 aliphatic heterocycles. The molecule has 2 heterocycles. The van der Waals surface area contributed by atoms with E-state index in [0.717, 1.165) is 17.8 Å². The van der Waals surface area contributed by atoms with E-state index in [1.54, 1.807) is 0 Å². The highest BCUT2D eigenvalue weighted by molar-refractivity contribution is 8.00. The summed E-state index contributed by atoms with van der Waals surface area (Å²) in [6.07, 6.45) is 0.795. The Morgan fingerprint density at radius 3 is 2.93 bits per heavy atom. The van der Waals surface area contributed by atoms with Crippen LogP contribution in [-0.4, -0.2) is 28.6 Å². The van der Waals surface area contributed by atoms with Crippen molar-refractivity contribution in [2.24, 2.45) is 5.14 Å². The molecule has 6 heteroatoms. The van der Waals surface area contributed by atoms with E-state index in [-0.39, 0.29) is 4.21 Å². The van der Waals surface area contributed by atoms with E-state index in [9.17, 15) is 8.60 Å². The van der Waals surface area contributed by atoms with Crippen LogP contribution in [0, 0.1) is 5.82 Å². The van der Waals surface area contributed by atoms with Crippen molar-refractivity contribution in [3.05, 3.63) is 16.3 Å². The highest BCUT2D eigenvalue weighted by Gasteiger charge is 2.25. The Balaban J connectivity index is 2.55. The summed E-state index contributed by atoms with van der Waals surface area (Å²) in [5.74, 6) is 2.91. The standard InChI is InChI=1S/C9H13FN2OS2/c1-12-4-3-7-6(5-12)8(10)9(14-7)15(2,11)13/h2-5H2,1H3,(H2,11,13). The molecule has 84 valence electrons. The Labute approximate surface area is 92.8 Å². The van der Waals surface area contributed by atoms with Crippen molar-refractivity contribution in [1.82, 2.24) is 4.90 Å². The minimum absolute atomic E-state index is 0.114. The molecular formula is C9H13FN2OS2. The molecule has 0 aliphatic carbocycles. The second-order valence-corrected chi connectivity index (χ2v) is 7.04. The summed E-state index contributed by atoms with van der Waals surface area (Å²) in [7, 11) is -0.986. The van der Waals surface area contributed by atoms with Gasteiger partial charge in [-0.3, -0.25) is 5.14 Å². The maximum atomic E-state index is 13.9. The van der Waals surface area contributed by atoms with Gasteiger partial charge < -0.3 is 4.90 Å². The van der Waals surface area contributed by atoms with Gasteiger partial charge >= 0.3 is 0 Å². The van der Waals surface area contributed by atoms with E-state index >= 15 is 0 Å². The highest BCUT2D eigenvalue weighted by atomic mass is 32.2. The normalized spacial score (nSPS) is 21.0. The summed E-state index contributed by atoms with van der Waals surface area (Å²) in [4.78, 5) is 2.99. The van der Waals surface area contributed by atoms with Crippen LogP contribution in [0.25, 0.3) is 0 Å². The monoisotopic (exact) mass is 248 g/mol. The summed E-state index contributed by atoms with van der Waals surface area (Å²) in [5, 5.41) is 5.38. The van der Waals surface area contributed by atoms with Crippen molar-refractivity contribution in [3.63, 3.8) is 0 Å². The fraction of sp³-hybridized carbons (Fsp3) is 0.444. The average Bonchev–Trinajstić information content (AvgIpc) is 2.43. The summed E-state index contributed by atoms with van der Waals surface area (Å²) < 4.78 is 25.5. The molecule has 1 unspecified atom stereocenters. The lowest BCUT2D eigenvalue weighted by Gasteiger charge is -2.21. The number of halogens is 1. The number of nitrogens with zero attached hydrogens (tertiary/aromatic N) is 1. The van der Waals surface area contributed by atoms with Gasteiger partial charge in [0.15, 0.2) is 5.82 Å². The summed E-state index contributed by atoms with van der Waals surface area (Å²) >= 11 is 1.21. The molecule has 1 aromatic heterocycles. The van der Waals surface area contributed by atoms with Gasteiger partial charge in [-0.2, -0.15) is 0 Å². The number of rotatable bonds is 1. The fourth-order valence-corrected chi connectivity index (χ4v) is 3.89. The topological polar surface area (TPSA) is 46.3 Å². The Bertz CT molecular complexity index is 492. The Kier molecular flexibility index (Phi) is 2.62. The molecule has 1 aliphatic rings. The number of likely N-dealkylation sites (N-methyl/N-ethyl adjacent to an activating group) is 1. The number of fused-ring (bicyclic) bond motifs is 1. The Hall–Kier alpha value is -0.430. The van der Waals surface area contributed by atoms with Crippen LogP contribution in [-0.2, 0) is 22.7 Å². The summed E-state index contributed by atoms with van der Waals surface area (Å²) in [6, 6.07) is 0. The predicted octanol–water partition coefficient (Wildman–Crippen LogP) is 0.824. The molecule has 3 nitrogen and oxygen atoms in total.